The van der Waals surface area contributed by atoms with Gasteiger partial charge in [-0.1, -0.05) is 6.07 Å². The molecule has 0 bridgehead atoms. The largest absolute Gasteiger partial charge is 0.495 e. The number of hydrogen-bond donors (Lipinski definition) is 1. The van der Waals surface area contributed by atoms with Gasteiger partial charge in [0.25, 0.3) is 0 Å². The van der Waals surface area contributed by atoms with Gasteiger partial charge in [0, 0.05) is 6.54 Å². The Morgan fingerprint density at radius 2 is 2.19 bits per heavy atom. The molecule has 0 spiro atoms. The van der Waals surface area contributed by atoms with Crippen molar-refractivity contribution in [1.29, 1.82) is 10.5 Å². The monoisotopic (exact) mass is 215 g/mol. The van der Waals surface area contributed by atoms with Gasteiger partial charge >= 0.3 is 0 Å². The van der Waals surface area contributed by atoms with E-state index >= 15 is 0 Å². The SMILES string of the molecule is COc1cccc(C#N)c1NCC(C)C#N. The van der Waals surface area contributed by atoms with Crippen molar-refractivity contribution in [2.24, 2.45) is 5.92 Å². The van der Waals surface area contributed by atoms with Crippen molar-refractivity contribution in [2.45, 2.75) is 6.92 Å². The van der Waals surface area contributed by atoms with E-state index in [2.05, 4.69) is 17.5 Å². The second-order valence-electron chi connectivity index (χ2n) is 3.41. The molecule has 0 heterocycles. The maximum Gasteiger partial charge on any atom is 0.143 e. The quantitative estimate of drug-likeness (QED) is 0.835. The van der Waals surface area contributed by atoms with Gasteiger partial charge in [0.1, 0.15) is 11.8 Å². The molecule has 82 valence electrons. The van der Waals surface area contributed by atoms with Crippen LogP contribution >= 0.6 is 0 Å². The number of rotatable bonds is 4. The number of nitrogens with one attached hydrogen (secondary N) is 1. The molecule has 0 aliphatic heterocycles. The number of nitriles is 2. The van der Waals surface area contributed by atoms with Gasteiger partial charge in [0.05, 0.1) is 30.3 Å². The summed E-state index contributed by atoms with van der Waals surface area (Å²) in [5, 5.41) is 20.7. The van der Waals surface area contributed by atoms with Gasteiger partial charge in [0.2, 0.25) is 0 Å². The molecule has 0 aliphatic rings. The van der Waals surface area contributed by atoms with Crippen LogP contribution in [0.3, 0.4) is 0 Å². The van der Waals surface area contributed by atoms with Crippen molar-refractivity contribution < 1.29 is 4.74 Å². The summed E-state index contributed by atoms with van der Waals surface area (Å²) in [6.07, 6.45) is 0. The van der Waals surface area contributed by atoms with Crippen molar-refractivity contribution in [3.8, 4) is 17.9 Å². The van der Waals surface area contributed by atoms with E-state index in [1.165, 1.54) is 0 Å². The van der Waals surface area contributed by atoms with E-state index < -0.39 is 0 Å². The van der Waals surface area contributed by atoms with E-state index in [1.54, 1.807) is 25.3 Å². The molecular weight excluding hydrogens is 202 g/mol. The lowest BCUT2D eigenvalue weighted by Crippen LogP contribution is -2.11. The highest BCUT2D eigenvalue weighted by molar-refractivity contribution is 5.66. The number of anilines is 1. The van der Waals surface area contributed by atoms with E-state index in [1.807, 2.05) is 6.92 Å². The average Bonchev–Trinajstić information content (AvgIpc) is 2.35. The molecule has 1 aromatic rings. The van der Waals surface area contributed by atoms with Gasteiger partial charge in [-0.3, -0.25) is 0 Å². The molecule has 0 aliphatic carbocycles. The molecule has 0 saturated carbocycles. The van der Waals surface area contributed by atoms with E-state index in [9.17, 15) is 0 Å². The molecule has 1 N–H and O–H groups in total. The molecule has 1 rings (SSSR count). The van der Waals surface area contributed by atoms with E-state index in [4.69, 9.17) is 15.3 Å². The molecule has 1 unspecified atom stereocenters. The van der Waals surface area contributed by atoms with Gasteiger partial charge in [-0.05, 0) is 19.1 Å². The highest BCUT2D eigenvalue weighted by Gasteiger charge is 2.09. The van der Waals surface area contributed by atoms with Crippen LogP contribution in [-0.4, -0.2) is 13.7 Å². The van der Waals surface area contributed by atoms with Gasteiger partial charge < -0.3 is 10.1 Å². The molecule has 16 heavy (non-hydrogen) atoms. The molecule has 0 radical (unpaired) electrons. The molecule has 0 fully saturated rings. The highest BCUT2D eigenvalue weighted by Crippen LogP contribution is 2.27. The van der Waals surface area contributed by atoms with Gasteiger partial charge in [-0.2, -0.15) is 10.5 Å². The Hall–Kier alpha value is -2.20. The Morgan fingerprint density at radius 3 is 2.75 bits per heavy atom. The number of benzene rings is 1. The zero-order valence-electron chi connectivity index (χ0n) is 9.32. The summed E-state index contributed by atoms with van der Waals surface area (Å²) >= 11 is 0. The fourth-order valence-corrected chi connectivity index (χ4v) is 1.28. The van der Waals surface area contributed by atoms with Gasteiger partial charge in [-0.25, -0.2) is 0 Å². The molecule has 0 aromatic heterocycles. The van der Waals surface area contributed by atoms with Crippen LogP contribution in [0.1, 0.15) is 12.5 Å². The van der Waals surface area contributed by atoms with Crippen LogP contribution in [0, 0.1) is 28.6 Å². The first-order valence-corrected chi connectivity index (χ1v) is 4.93. The fraction of sp³-hybridized carbons (Fsp3) is 0.333. The molecule has 4 nitrogen and oxygen atoms in total. The highest BCUT2D eigenvalue weighted by atomic mass is 16.5. The summed E-state index contributed by atoms with van der Waals surface area (Å²) in [5.74, 6) is 0.501. The van der Waals surface area contributed by atoms with Crippen molar-refractivity contribution in [3.05, 3.63) is 23.8 Å². The molecular formula is C12H13N3O. The topological polar surface area (TPSA) is 68.8 Å². The fourth-order valence-electron chi connectivity index (χ4n) is 1.28. The Bertz CT molecular complexity index is 443. The first-order valence-electron chi connectivity index (χ1n) is 4.93. The minimum atomic E-state index is -0.114. The smallest absolute Gasteiger partial charge is 0.143 e. The van der Waals surface area contributed by atoms with Crippen molar-refractivity contribution in [1.82, 2.24) is 0 Å². The minimum absolute atomic E-state index is 0.114. The molecule has 0 saturated heterocycles. The summed E-state index contributed by atoms with van der Waals surface area (Å²) in [5.41, 5.74) is 1.17. The molecule has 1 atom stereocenters. The number of nitrogens with zero attached hydrogens (tertiary/aromatic N) is 2. The molecule has 0 amide bonds. The summed E-state index contributed by atoms with van der Waals surface area (Å²) in [4.78, 5) is 0. The number of methoxy groups -OCH3 is 1. The normalized spacial score (nSPS) is 11.0. The summed E-state index contributed by atoms with van der Waals surface area (Å²) in [7, 11) is 1.55. The van der Waals surface area contributed by atoms with Crippen LogP contribution < -0.4 is 10.1 Å². The average molecular weight is 215 g/mol. The summed E-state index contributed by atoms with van der Waals surface area (Å²) in [6.45, 7) is 2.31. The van der Waals surface area contributed by atoms with Crippen LogP contribution in [0.5, 0.6) is 5.75 Å². The second kappa shape index (κ2) is 5.63. The molecule has 4 heteroatoms. The first kappa shape index (κ1) is 11.9. The summed E-state index contributed by atoms with van der Waals surface area (Å²) < 4.78 is 5.16. The standard InChI is InChI=1S/C12H13N3O/c1-9(6-13)8-15-12-10(7-14)4-3-5-11(12)16-2/h3-5,9,15H,8H2,1-2H3. The van der Waals surface area contributed by atoms with E-state index in [0.717, 1.165) is 0 Å². The third-order valence-corrected chi connectivity index (χ3v) is 2.17. The maximum absolute atomic E-state index is 8.95. The van der Waals surface area contributed by atoms with Crippen LogP contribution in [0.25, 0.3) is 0 Å². The predicted molar refractivity (Wildman–Crippen MR) is 61.0 cm³/mol. The first-order chi connectivity index (χ1) is 7.72. The van der Waals surface area contributed by atoms with Crippen molar-refractivity contribution in [2.75, 3.05) is 19.0 Å². The van der Waals surface area contributed by atoms with Crippen molar-refractivity contribution >= 4 is 5.69 Å². The van der Waals surface area contributed by atoms with Crippen LogP contribution in [0.15, 0.2) is 18.2 Å². The van der Waals surface area contributed by atoms with E-state index in [-0.39, 0.29) is 5.92 Å². The third kappa shape index (κ3) is 2.65. The number of para-hydroxylation sites is 1. The second-order valence-corrected chi connectivity index (χ2v) is 3.41. The lowest BCUT2D eigenvalue weighted by atomic mass is 10.1. The Kier molecular flexibility index (Phi) is 4.17. The van der Waals surface area contributed by atoms with Crippen LogP contribution in [0.4, 0.5) is 5.69 Å². The lowest BCUT2D eigenvalue weighted by molar-refractivity contribution is 0.416. The third-order valence-electron chi connectivity index (χ3n) is 2.17. The lowest BCUT2D eigenvalue weighted by Gasteiger charge is -2.13. The zero-order valence-corrected chi connectivity index (χ0v) is 9.32. The van der Waals surface area contributed by atoms with Gasteiger partial charge in [0.15, 0.2) is 0 Å². The predicted octanol–water partition coefficient (Wildman–Crippen LogP) is 2.14. The Morgan fingerprint density at radius 1 is 1.44 bits per heavy atom. The zero-order chi connectivity index (χ0) is 12.0. The number of hydrogen-bond acceptors (Lipinski definition) is 4. The van der Waals surface area contributed by atoms with E-state index in [0.29, 0.717) is 23.5 Å². The Balaban J connectivity index is 2.93. The van der Waals surface area contributed by atoms with Crippen LogP contribution in [-0.2, 0) is 0 Å². The Labute approximate surface area is 95.1 Å². The maximum atomic E-state index is 8.95. The molecule has 1 aromatic carbocycles. The minimum Gasteiger partial charge on any atom is -0.495 e. The van der Waals surface area contributed by atoms with Crippen molar-refractivity contribution in [3.63, 3.8) is 0 Å². The summed E-state index contributed by atoms with van der Waals surface area (Å²) in [6, 6.07) is 9.46. The van der Waals surface area contributed by atoms with Crippen LogP contribution in [0.2, 0.25) is 0 Å². The number of ether oxygens (including phenoxy) is 1. The van der Waals surface area contributed by atoms with Gasteiger partial charge in [-0.15, -0.1) is 0 Å².